The van der Waals surface area contributed by atoms with E-state index in [0.717, 1.165) is 38.5 Å². The number of hydrogen-bond acceptors (Lipinski definition) is 8. The highest BCUT2D eigenvalue weighted by Gasteiger charge is 2.26. The van der Waals surface area contributed by atoms with E-state index in [-0.39, 0.29) is 34.3 Å². The van der Waals surface area contributed by atoms with Gasteiger partial charge in [0, 0.05) is 11.6 Å². The number of halogens is 1. The molecule has 9 nitrogen and oxygen atoms in total. The Bertz CT molecular complexity index is 1420. The molecule has 0 radical (unpaired) electrons. The van der Waals surface area contributed by atoms with Crippen LogP contribution in [0.3, 0.4) is 0 Å². The van der Waals surface area contributed by atoms with Crippen LogP contribution in [-0.2, 0) is 10.0 Å². The summed E-state index contributed by atoms with van der Waals surface area (Å²) in [4.78, 5) is 21.5. The summed E-state index contributed by atoms with van der Waals surface area (Å²) in [6, 6.07) is 11.3. The molecule has 11 heteroatoms. The smallest absolute Gasteiger partial charge is 0.281 e. The summed E-state index contributed by atoms with van der Waals surface area (Å²) in [5.74, 6) is -0.841. The largest absolute Gasteiger partial charge is 0.493 e. The van der Waals surface area contributed by atoms with Crippen LogP contribution < -0.4 is 19.9 Å². The number of anilines is 1. The van der Waals surface area contributed by atoms with Gasteiger partial charge in [-0.3, -0.25) is 4.79 Å². The molecule has 1 aromatic carbocycles. The number of rotatable bonds is 9. The lowest BCUT2D eigenvalue weighted by atomic mass is 10.1. The van der Waals surface area contributed by atoms with Gasteiger partial charge in [-0.1, -0.05) is 32.8 Å². The molecule has 1 amide bonds. The molecule has 39 heavy (non-hydrogen) atoms. The summed E-state index contributed by atoms with van der Waals surface area (Å²) in [5, 5.41) is -0.389. The predicted octanol–water partition coefficient (Wildman–Crippen LogP) is 5.12. The second-order valence-corrected chi connectivity index (χ2v) is 11.6. The number of carbonyl (C=O) groups is 1. The van der Waals surface area contributed by atoms with Crippen molar-refractivity contribution in [3.8, 4) is 22.9 Å². The highest BCUT2D eigenvalue weighted by molar-refractivity contribution is 7.90. The SMILES string of the molecule is CC(C)COc1cc(F)cc(-c2ccc(C(=O)NS(=O)(=O)c3cccc(N)n3)c(OC3CCCCCC3)n2)c1. The fourth-order valence-corrected chi connectivity index (χ4v) is 5.19. The van der Waals surface area contributed by atoms with Crippen LogP contribution in [-0.4, -0.2) is 37.0 Å². The number of aromatic nitrogens is 2. The average molecular weight is 557 g/mol. The Labute approximate surface area is 228 Å². The van der Waals surface area contributed by atoms with Gasteiger partial charge in [0.1, 0.15) is 29.1 Å². The Morgan fingerprint density at radius 2 is 1.82 bits per heavy atom. The molecule has 2 heterocycles. The van der Waals surface area contributed by atoms with Crippen LogP contribution >= 0.6 is 0 Å². The molecule has 0 unspecified atom stereocenters. The van der Waals surface area contributed by atoms with Crippen LogP contribution in [0.2, 0.25) is 0 Å². The first kappa shape index (κ1) is 28.3. The average Bonchev–Trinajstić information content (AvgIpc) is 3.15. The summed E-state index contributed by atoms with van der Waals surface area (Å²) in [6.07, 6.45) is 5.51. The standard InChI is InChI=1S/C28H33FN4O5S/c1-18(2)17-37-22-15-19(14-20(29)16-22)24-13-12-23(28(31-24)38-21-8-5-3-4-6-9-21)27(34)33-39(35,36)26-11-7-10-25(30)32-26/h7,10-16,18,21H,3-6,8-9,17H2,1-2H3,(H2,30,32)(H,33,34). The number of nitrogens with one attached hydrogen (secondary N) is 1. The zero-order chi connectivity index (χ0) is 28.0. The normalized spacial score (nSPS) is 14.6. The number of pyridine rings is 2. The molecule has 3 aromatic rings. The minimum Gasteiger partial charge on any atom is -0.493 e. The first-order valence-electron chi connectivity index (χ1n) is 13.0. The van der Waals surface area contributed by atoms with Crippen molar-refractivity contribution in [1.82, 2.24) is 14.7 Å². The van der Waals surface area contributed by atoms with Crippen molar-refractivity contribution in [2.75, 3.05) is 12.3 Å². The zero-order valence-electron chi connectivity index (χ0n) is 22.0. The van der Waals surface area contributed by atoms with Gasteiger partial charge in [0.25, 0.3) is 15.9 Å². The molecule has 0 saturated heterocycles. The first-order valence-corrected chi connectivity index (χ1v) is 14.5. The van der Waals surface area contributed by atoms with Gasteiger partial charge in [0.05, 0.1) is 12.3 Å². The van der Waals surface area contributed by atoms with Gasteiger partial charge in [-0.2, -0.15) is 8.42 Å². The van der Waals surface area contributed by atoms with Gasteiger partial charge in [-0.05, 0) is 68.0 Å². The van der Waals surface area contributed by atoms with Gasteiger partial charge < -0.3 is 15.2 Å². The third-order valence-corrected chi connectivity index (χ3v) is 7.42. The van der Waals surface area contributed by atoms with E-state index < -0.39 is 21.7 Å². The van der Waals surface area contributed by atoms with Crippen molar-refractivity contribution in [3.63, 3.8) is 0 Å². The molecule has 0 bridgehead atoms. The molecule has 2 aromatic heterocycles. The van der Waals surface area contributed by atoms with Gasteiger partial charge >= 0.3 is 0 Å². The number of nitrogens with two attached hydrogens (primary N) is 1. The molecular weight excluding hydrogens is 523 g/mol. The number of hydrogen-bond donors (Lipinski definition) is 2. The predicted molar refractivity (Wildman–Crippen MR) is 145 cm³/mol. The van der Waals surface area contributed by atoms with E-state index in [1.165, 1.54) is 42.5 Å². The van der Waals surface area contributed by atoms with E-state index in [9.17, 15) is 17.6 Å². The number of carbonyl (C=O) groups excluding carboxylic acids is 1. The molecule has 3 N–H and O–H groups in total. The Morgan fingerprint density at radius 3 is 2.51 bits per heavy atom. The second-order valence-electron chi connectivity index (χ2n) is 10.00. The van der Waals surface area contributed by atoms with E-state index in [2.05, 4.69) is 9.97 Å². The van der Waals surface area contributed by atoms with Gasteiger partial charge in [0.15, 0.2) is 5.03 Å². The Kier molecular flexibility index (Phi) is 9.01. The van der Waals surface area contributed by atoms with Crippen LogP contribution in [0.1, 0.15) is 62.7 Å². The van der Waals surface area contributed by atoms with Crippen LogP contribution in [0.4, 0.5) is 10.2 Å². The van der Waals surface area contributed by atoms with Gasteiger partial charge in [-0.15, -0.1) is 0 Å². The lowest BCUT2D eigenvalue weighted by Crippen LogP contribution is -2.32. The summed E-state index contributed by atoms with van der Waals surface area (Å²) >= 11 is 0. The van der Waals surface area contributed by atoms with Crippen molar-refractivity contribution < 1.29 is 27.1 Å². The third kappa shape index (κ3) is 7.66. The van der Waals surface area contributed by atoms with Crippen molar-refractivity contribution in [1.29, 1.82) is 0 Å². The Hall–Kier alpha value is -3.73. The molecule has 0 spiro atoms. The summed E-state index contributed by atoms with van der Waals surface area (Å²) in [5.41, 5.74) is 6.33. The number of amides is 1. The number of ether oxygens (including phenoxy) is 2. The Morgan fingerprint density at radius 1 is 1.08 bits per heavy atom. The minimum absolute atomic E-state index is 0.000524. The van der Waals surface area contributed by atoms with Crippen molar-refractivity contribution in [2.45, 2.75) is 63.5 Å². The molecule has 0 aliphatic heterocycles. The maximum atomic E-state index is 14.5. The number of nitrogens with zero attached hydrogens (tertiary/aromatic N) is 2. The monoisotopic (exact) mass is 556 g/mol. The molecule has 1 fully saturated rings. The van der Waals surface area contributed by atoms with Gasteiger partial charge in [0.2, 0.25) is 5.88 Å². The Balaban J connectivity index is 1.68. The minimum atomic E-state index is -4.31. The van der Waals surface area contributed by atoms with E-state index in [1.54, 1.807) is 6.07 Å². The number of nitrogen functional groups attached to an aromatic ring is 1. The summed E-state index contributed by atoms with van der Waals surface area (Å²) in [7, 11) is -4.31. The summed E-state index contributed by atoms with van der Waals surface area (Å²) < 4.78 is 54.0. The topological polar surface area (TPSA) is 134 Å². The maximum Gasteiger partial charge on any atom is 0.281 e. The van der Waals surface area contributed by atoms with Crippen LogP contribution in [0.5, 0.6) is 11.6 Å². The lowest BCUT2D eigenvalue weighted by Gasteiger charge is -2.19. The number of sulfonamides is 1. The second kappa shape index (κ2) is 12.4. The molecule has 0 atom stereocenters. The van der Waals surface area contributed by atoms with E-state index >= 15 is 0 Å². The third-order valence-electron chi connectivity index (χ3n) is 6.18. The molecule has 1 aliphatic carbocycles. The first-order chi connectivity index (χ1) is 18.6. The molecular formula is C28H33FN4O5S. The molecule has 1 aliphatic rings. The fraction of sp³-hybridized carbons (Fsp3) is 0.393. The molecule has 4 rings (SSSR count). The maximum absolute atomic E-state index is 14.5. The van der Waals surface area contributed by atoms with Crippen LogP contribution in [0, 0.1) is 11.7 Å². The van der Waals surface area contributed by atoms with Crippen molar-refractivity contribution in [3.05, 3.63) is 59.9 Å². The highest BCUT2D eigenvalue weighted by Crippen LogP contribution is 2.30. The molecule has 1 saturated carbocycles. The quantitative estimate of drug-likeness (QED) is 0.347. The lowest BCUT2D eigenvalue weighted by molar-refractivity contribution is 0.0970. The zero-order valence-corrected chi connectivity index (χ0v) is 22.8. The van der Waals surface area contributed by atoms with E-state index in [0.29, 0.717) is 23.6 Å². The van der Waals surface area contributed by atoms with Crippen molar-refractivity contribution >= 4 is 21.7 Å². The number of benzene rings is 1. The fourth-order valence-electron chi connectivity index (χ4n) is 4.25. The van der Waals surface area contributed by atoms with Gasteiger partial charge in [-0.25, -0.2) is 19.1 Å². The highest BCUT2D eigenvalue weighted by atomic mass is 32.2. The van der Waals surface area contributed by atoms with E-state index in [1.807, 2.05) is 18.6 Å². The van der Waals surface area contributed by atoms with Crippen LogP contribution in [0.25, 0.3) is 11.3 Å². The molecule has 208 valence electrons. The van der Waals surface area contributed by atoms with E-state index in [4.69, 9.17) is 15.2 Å². The van der Waals surface area contributed by atoms with Crippen molar-refractivity contribution in [2.24, 2.45) is 5.92 Å². The van der Waals surface area contributed by atoms with Crippen LogP contribution in [0.15, 0.2) is 53.6 Å². The summed E-state index contributed by atoms with van der Waals surface area (Å²) in [6.45, 7) is 4.40.